The minimum absolute atomic E-state index is 0.360. The number of aromatic nitrogens is 1. The summed E-state index contributed by atoms with van der Waals surface area (Å²) in [7, 11) is 0. The Balaban J connectivity index is 2.68. The van der Waals surface area contributed by atoms with Gasteiger partial charge in [-0.15, -0.1) is 0 Å². The molecule has 70 valence electrons. The van der Waals surface area contributed by atoms with Crippen molar-refractivity contribution in [2.75, 3.05) is 5.43 Å². The molecule has 3 N–H and O–H groups in total. The van der Waals surface area contributed by atoms with Gasteiger partial charge in [-0.2, -0.15) is 0 Å². The van der Waals surface area contributed by atoms with Gasteiger partial charge in [-0.05, 0) is 28.1 Å². The lowest BCUT2D eigenvalue weighted by Gasteiger charge is -2.04. The van der Waals surface area contributed by atoms with Gasteiger partial charge in [0.1, 0.15) is 10.4 Å². The van der Waals surface area contributed by atoms with Crippen LogP contribution in [0.25, 0.3) is 0 Å². The molecule has 0 saturated carbocycles. The van der Waals surface area contributed by atoms with E-state index < -0.39 is 6.09 Å². The molecule has 0 aliphatic heterocycles. The van der Waals surface area contributed by atoms with E-state index in [1.54, 1.807) is 12.1 Å². The Bertz CT molecular complexity index is 334. The number of rotatable bonds is 2. The molecule has 13 heavy (non-hydrogen) atoms. The first-order valence-corrected chi connectivity index (χ1v) is 4.33. The van der Waals surface area contributed by atoms with Gasteiger partial charge < -0.3 is 5.11 Å². The van der Waals surface area contributed by atoms with Crippen LogP contribution in [-0.2, 0) is 0 Å². The van der Waals surface area contributed by atoms with Gasteiger partial charge in [-0.3, -0.25) is 5.43 Å². The maximum atomic E-state index is 10.1. The highest BCUT2D eigenvalue weighted by atomic mass is 79.9. The van der Waals surface area contributed by atoms with Crippen LogP contribution in [0.4, 0.5) is 10.6 Å². The van der Waals surface area contributed by atoms with Crippen LogP contribution in [0.5, 0.6) is 0 Å². The van der Waals surface area contributed by atoms with Crippen molar-refractivity contribution in [2.45, 2.75) is 0 Å². The average molecular weight is 266 g/mol. The molecular weight excluding hydrogens is 261 g/mol. The van der Waals surface area contributed by atoms with E-state index in [0.717, 1.165) is 0 Å². The van der Waals surface area contributed by atoms with E-state index in [1.807, 2.05) is 5.43 Å². The number of pyridine rings is 1. The molecule has 1 rings (SSSR count). The predicted molar refractivity (Wildman–Crippen MR) is 51.7 cm³/mol. The summed E-state index contributed by atoms with van der Waals surface area (Å²) in [5.74, 6) is 0.360. The van der Waals surface area contributed by atoms with Crippen LogP contribution in [0.2, 0.25) is 5.02 Å². The Labute approximate surface area is 87.2 Å². The number of hydrogen-bond acceptors (Lipinski definition) is 3. The molecule has 0 saturated heterocycles. The van der Waals surface area contributed by atoms with Crippen LogP contribution in [0.1, 0.15) is 0 Å². The van der Waals surface area contributed by atoms with Crippen molar-refractivity contribution in [1.29, 1.82) is 0 Å². The van der Waals surface area contributed by atoms with Gasteiger partial charge in [0.05, 0.1) is 5.02 Å². The summed E-state index contributed by atoms with van der Waals surface area (Å²) >= 11 is 8.76. The van der Waals surface area contributed by atoms with Crippen molar-refractivity contribution in [3.63, 3.8) is 0 Å². The predicted octanol–water partition coefficient (Wildman–Crippen LogP) is 2.09. The number of hydrazine groups is 1. The van der Waals surface area contributed by atoms with Crippen LogP contribution < -0.4 is 10.9 Å². The first-order valence-electron chi connectivity index (χ1n) is 3.16. The van der Waals surface area contributed by atoms with Crippen molar-refractivity contribution in [2.24, 2.45) is 0 Å². The maximum absolute atomic E-state index is 10.1. The SMILES string of the molecule is O=C(O)NNc1ccc(Cl)c(Br)n1. The first-order chi connectivity index (χ1) is 6.09. The molecule has 0 aromatic carbocycles. The van der Waals surface area contributed by atoms with Gasteiger partial charge in [0.2, 0.25) is 0 Å². The van der Waals surface area contributed by atoms with E-state index >= 15 is 0 Å². The summed E-state index contributed by atoms with van der Waals surface area (Å²) in [5, 5.41) is 8.72. The summed E-state index contributed by atoms with van der Waals surface area (Å²) in [6, 6.07) is 3.13. The van der Waals surface area contributed by atoms with Crippen molar-refractivity contribution < 1.29 is 9.90 Å². The second-order valence-corrected chi connectivity index (χ2v) is 3.18. The number of carbonyl (C=O) groups is 1. The maximum Gasteiger partial charge on any atom is 0.423 e. The molecule has 0 bridgehead atoms. The largest absolute Gasteiger partial charge is 0.464 e. The van der Waals surface area contributed by atoms with Gasteiger partial charge in [-0.25, -0.2) is 15.2 Å². The first kappa shape index (κ1) is 10.1. The molecule has 1 heterocycles. The van der Waals surface area contributed by atoms with Crippen molar-refractivity contribution in [3.8, 4) is 0 Å². The number of carboxylic acid groups (broad SMARTS) is 1. The summed E-state index contributed by atoms with van der Waals surface area (Å²) in [4.78, 5) is 14.0. The van der Waals surface area contributed by atoms with Crippen molar-refractivity contribution >= 4 is 39.4 Å². The van der Waals surface area contributed by atoms with E-state index in [1.165, 1.54) is 0 Å². The topological polar surface area (TPSA) is 74.2 Å². The number of hydrogen-bond donors (Lipinski definition) is 3. The van der Waals surface area contributed by atoms with Crippen LogP contribution in [-0.4, -0.2) is 16.2 Å². The number of nitrogens with one attached hydrogen (secondary N) is 2. The highest BCUT2D eigenvalue weighted by Gasteiger charge is 2.00. The van der Waals surface area contributed by atoms with Crippen LogP contribution in [0.15, 0.2) is 16.7 Å². The Hall–Kier alpha value is -1.01. The van der Waals surface area contributed by atoms with E-state index in [9.17, 15) is 4.79 Å². The Morgan fingerprint density at radius 3 is 2.85 bits per heavy atom. The zero-order chi connectivity index (χ0) is 9.84. The molecule has 0 unspecified atom stereocenters. The Morgan fingerprint density at radius 1 is 1.62 bits per heavy atom. The standard InChI is InChI=1S/C6H5BrClN3O2/c7-5-3(8)1-2-4(9-5)10-11-6(12)13/h1-2,11H,(H,9,10)(H,12,13). The minimum atomic E-state index is -1.19. The fraction of sp³-hybridized carbons (Fsp3) is 0. The van der Waals surface area contributed by atoms with Gasteiger partial charge in [0.25, 0.3) is 0 Å². The smallest absolute Gasteiger partial charge is 0.423 e. The normalized spacial score (nSPS) is 9.38. The van der Waals surface area contributed by atoms with E-state index in [4.69, 9.17) is 16.7 Å². The lowest BCUT2D eigenvalue weighted by Crippen LogP contribution is -2.27. The molecule has 1 aromatic heterocycles. The number of anilines is 1. The highest BCUT2D eigenvalue weighted by molar-refractivity contribution is 9.10. The zero-order valence-corrected chi connectivity index (χ0v) is 8.56. The molecule has 0 spiro atoms. The molecule has 0 aliphatic carbocycles. The molecule has 1 amide bonds. The molecule has 5 nitrogen and oxygen atoms in total. The Kier molecular flexibility index (Phi) is 3.32. The lowest BCUT2D eigenvalue weighted by atomic mass is 10.5. The molecule has 0 aliphatic rings. The highest BCUT2D eigenvalue weighted by Crippen LogP contribution is 2.21. The third-order valence-electron chi connectivity index (χ3n) is 1.10. The number of nitrogens with zero attached hydrogens (tertiary/aromatic N) is 1. The summed E-state index contributed by atoms with van der Waals surface area (Å²) < 4.78 is 0.450. The molecule has 0 fully saturated rings. The quantitative estimate of drug-likeness (QED) is 0.566. The van der Waals surface area contributed by atoms with Gasteiger partial charge in [-0.1, -0.05) is 11.6 Å². The van der Waals surface area contributed by atoms with Crippen molar-refractivity contribution in [1.82, 2.24) is 10.4 Å². The van der Waals surface area contributed by atoms with E-state index in [0.29, 0.717) is 15.4 Å². The lowest BCUT2D eigenvalue weighted by molar-refractivity contribution is 0.197. The minimum Gasteiger partial charge on any atom is -0.464 e. The third kappa shape index (κ3) is 3.08. The van der Waals surface area contributed by atoms with Gasteiger partial charge >= 0.3 is 6.09 Å². The monoisotopic (exact) mass is 265 g/mol. The molecular formula is C6H5BrClN3O2. The average Bonchev–Trinajstić information content (AvgIpc) is 2.07. The Morgan fingerprint density at radius 2 is 2.31 bits per heavy atom. The van der Waals surface area contributed by atoms with E-state index in [-0.39, 0.29) is 0 Å². The number of amides is 1. The van der Waals surface area contributed by atoms with Crippen LogP contribution >= 0.6 is 27.5 Å². The molecule has 1 aromatic rings. The fourth-order valence-corrected chi connectivity index (χ4v) is 1.03. The fourth-order valence-electron chi connectivity index (χ4n) is 0.604. The summed E-state index contributed by atoms with van der Waals surface area (Å²) in [6.07, 6.45) is -1.19. The van der Waals surface area contributed by atoms with Crippen LogP contribution in [0, 0.1) is 0 Å². The molecule has 0 radical (unpaired) electrons. The summed E-state index contributed by atoms with van der Waals surface area (Å²) in [5.41, 5.74) is 4.31. The van der Waals surface area contributed by atoms with Crippen LogP contribution in [0.3, 0.4) is 0 Å². The molecule has 0 atom stereocenters. The third-order valence-corrected chi connectivity index (χ3v) is 2.24. The van der Waals surface area contributed by atoms with Gasteiger partial charge in [0, 0.05) is 0 Å². The second-order valence-electron chi connectivity index (χ2n) is 2.02. The van der Waals surface area contributed by atoms with Crippen molar-refractivity contribution in [3.05, 3.63) is 21.8 Å². The second kappa shape index (κ2) is 4.29. The molecule has 7 heteroatoms. The number of halogens is 2. The van der Waals surface area contributed by atoms with Gasteiger partial charge in [0.15, 0.2) is 0 Å². The zero-order valence-electron chi connectivity index (χ0n) is 6.21. The van der Waals surface area contributed by atoms with E-state index in [2.05, 4.69) is 26.3 Å². The summed E-state index contributed by atoms with van der Waals surface area (Å²) in [6.45, 7) is 0.